The van der Waals surface area contributed by atoms with Crippen molar-refractivity contribution in [2.45, 2.75) is 70.2 Å². The molecule has 1 aliphatic rings. The Balaban J connectivity index is 1.47. The van der Waals surface area contributed by atoms with Crippen LogP contribution in [0.2, 0.25) is 0 Å². The lowest BCUT2D eigenvalue weighted by Gasteiger charge is -2.30. The number of imidazole rings is 1. The van der Waals surface area contributed by atoms with E-state index in [1.54, 1.807) is 18.4 Å². The topological polar surface area (TPSA) is 264 Å². The van der Waals surface area contributed by atoms with Crippen LogP contribution in [0, 0.1) is 0 Å². The number of H-pyrrole nitrogens is 1. The molecule has 20 nitrogen and oxygen atoms in total. The van der Waals surface area contributed by atoms with E-state index in [9.17, 15) is 29.2 Å². The molecular weight excluding hydrogens is 681 g/mol. The van der Waals surface area contributed by atoms with Crippen LogP contribution in [0.1, 0.15) is 39.6 Å². The summed E-state index contributed by atoms with van der Waals surface area (Å²) in [6.07, 6.45) is -3.78. The van der Waals surface area contributed by atoms with Gasteiger partial charge in [-0.3, -0.25) is 28.0 Å². The van der Waals surface area contributed by atoms with Crippen LogP contribution in [0.25, 0.3) is 11.2 Å². The number of methoxy groups -OCH3 is 1. The van der Waals surface area contributed by atoms with E-state index < -0.39 is 86.3 Å². The number of nitrogens with one attached hydrogen (secondary N) is 1. The van der Waals surface area contributed by atoms with E-state index >= 15 is 0 Å². The molecule has 4 rings (SSSR count). The Morgan fingerprint density at radius 3 is 2.73 bits per heavy atom. The zero-order chi connectivity index (χ0) is 35.0. The van der Waals surface area contributed by atoms with Crippen LogP contribution < -0.4 is 17.0 Å². The number of carbonyl (C=O) groups excluding carboxylic acids is 1. The van der Waals surface area contributed by atoms with Crippen molar-refractivity contribution in [3.05, 3.63) is 45.8 Å². The molecule has 4 heterocycles. The third-order valence-corrected chi connectivity index (χ3v) is 10.3. The summed E-state index contributed by atoms with van der Waals surface area (Å²) in [6.45, 7) is -0.888. The molecule has 1 fully saturated rings. The first-order valence-electron chi connectivity index (χ1n) is 14.6. The molecule has 1 saturated heterocycles. The third-order valence-electron chi connectivity index (χ3n) is 6.82. The minimum atomic E-state index is -4.29. The average molecular weight is 720 g/mol. The number of nitrogens with two attached hydrogens (primary N) is 1. The highest BCUT2D eigenvalue weighted by molar-refractivity contribution is 8.55. The smallest absolute Gasteiger partial charge is 0.432 e. The van der Waals surface area contributed by atoms with Crippen LogP contribution in [-0.2, 0) is 37.3 Å². The van der Waals surface area contributed by atoms with Crippen molar-refractivity contribution >= 4 is 41.3 Å². The summed E-state index contributed by atoms with van der Waals surface area (Å²) in [5, 5.41) is 20.9. The maximum atomic E-state index is 14.1. The van der Waals surface area contributed by atoms with Crippen molar-refractivity contribution in [1.82, 2.24) is 29.1 Å². The number of aromatic amines is 1. The molecule has 266 valence electrons. The second-order valence-electron chi connectivity index (χ2n) is 10.7. The summed E-state index contributed by atoms with van der Waals surface area (Å²) in [5.74, 6) is -0.344. The van der Waals surface area contributed by atoms with Crippen molar-refractivity contribution < 1.29 is 52.3 Å². The quantitative estimate of drug-likeness (QED) is 0.0858. The highest BCUT2D eigenvalue weighted by atomic mass is 32.7. The van der Waals surface area contributed by atoms with Gasteiger partial charge < -0.3 is 39.6 Å². The van der Waals surface area contributed by atoms with Gasteiger partial charge in [0.25, 0.3) is 5.56 Å². The summed E-state index contributed by atoms with van der Waals surface area (Å²) in [4.78, 5) is 50.3. The van der Waals surface area contributed by atoms with Crippen molar-refractivity contribution in [1.29, 1.82) is 0 Å². The fraction of sp³-hybridized carbons (Fsp3) is 0.615. The van der Waals surface area contributed by atoms with Gasteiger partial charge in [-0.25, -0.2) is 29.1 Å². The van der Waals surface area contributed by atoms with Crippen LogP contribution in [-0.4, -0.2) is 109 Å². The predicted molar refractivity (Wildman–Crippen MR) is 168 cm³/mol. The molecule has 7 atom stereocenters. The molecule has 1 aliphatic heterocycles. The van der Waals surface area contributed by atoms with E-state index in [0.717, 1.165) is 10.6 Å². The largest absolute Gasteiger partial charge is 0.509 e. The highest BCUT2D eigenvalue weighted by Crippen LogP contribution is 2.62. The minimum Gasteiger partial charge on any atom is -0.432 e. The third kappa shape index (κ3) is 9.61. The van der Waals surface area contributed by atoms with Gasteiger partial charge in [0.05, 0.1) is 44.5 Å². The zero-order valence-electron chi connectivity index (χ0n) is 26.4. The lowest BCUT2D eigenvalue weighted by Crippen LogP contribution is -2.40. The van der Waals surface area contributed by atoms with E-state index in [2.05, 4.69) is 19.9 Å². The number of nitrogens with zero attached hydrogens (tertiary/aromatic N) is 5. The molecular formula is C26H38N7O13PS. The van der Waals surface area contributed by atoms with Crippen LogP contribution >= 0.6 is 18.2 Å². The average Bonchev–Trinajstić information content (AvgIpc) is 3.62. The molecule has 0 aromatic carbocycles. The highest BCUT2D eigenvalue weighted by Gasteiger charge is 2.40. The Hall–Kier alpha value is -3.40. The van der Waals surface area contributed by atoms with Crippen molar-refractivity contribution in [2.75, 3.05) is 38.6 Å². The molecule has 3 aromatic rings. The molecule has 1 unspecified atom stereocenters. The van der Waals surface area contributed by atoms with Gasteiger partial charge in [0.2, 0.25) is 0 Å². The Morgan fingerprint density at radius 2 is 2.04 bits per heavy atom. The van der Waals surface area contributed by atoms with Crippen LogP contribution in [0.15, 0.2) is 34.5 Å². The van der Waals surface area contributed by atoms with E-state index in [0.29, 0.717) is 22.5 Å². The number of aromatic nitrogens is 6. The standard InChI is InChI=1S/C26H38N7O13PS/c1-14(2)43-26(38)41-13-48-47(39,46-15(3)17(8-34)44-21(10-40-4)32-6-5-19(36)31-25(32)37)42-9-18-16(35)7-20(45-18)33-12-30-22-23(27)28-11-29-24(22)33/h5-6,11-12,14-18,20-21,34-35H,7-10,13H2,1-4H3,(H2,27,28,29)(H,31,36,37)/t15-,16-,17-,18-,20-,21-,47?/m1/s1. The number of aliphatic hydroxyl groups is 2. The number of ether oxygens (including phenoxy) is 5. The number of nitrogen functional groups attached to an aromatic ring is 1. The molecule has 0 aliphatic carbocycles. The van der Waals surface area contributed by atoms with Gasteiger partial charge in [0.15, 0.2) is 23.6 Å². The second-order valence-corrected chi connectivity index (χ2v) is 14.6. The SMILES string of the molecule is COC[C@@H](O[C@H](CO)[C@@H](C)OP(=O)(OC[C@H]1O[C@@H](n2cnc3c(N)ncnc32)C[C@H]1O)SCOC(=O)OC(C)C)n1ccc(=O)[nH]c1=O. The number of hydrogen-bond acceptors (Lipinski definition) is 18. The lowest BCUT2D eigenvalue weighted by atomic mass is 10.2. The van der Waals surface area contributed by atoms with Gasteiger partial charge in [-0.15, -0.1) is 0 Å². The molecule has 48 heavy (non-hydrogen) atoms. The molecule has 0 radical (unpaired) electrons. The zero-order valence-corrected chi connectivity index (χ0v) is 28.2. The number of aliphatic hydroxyl groups excluding tert-OH is 2. The Kier molecular flexibility index (Phi) is 13.1. The number of carbonyl (C=O) groups is 1. The second kappa shape index (κ2) is 16.8. The van der Waals surface area contributed by atoms with E-state index in [-0.39, 0.29) is 18.8 Å². The van der Waals surface area contributed by atoms with Gasteiger partial charge in [-0.2, -0.15) is 0 Å². The maximum absolute atomic E-state index is 14.1. The Bertz CT molecular complexity index is 1690. The number of rotatable bonds is 17. The molecule has 0 amide bonds. The minimum absolute atomic E-state index is 0.105. The van der Waals surface area contributed by atoms with Gasteiger partial charge in [0, 0.05) is 37.2 Å². The number of fused-ring (bicyclic) bond motifs is 1. The van der Waals surface area contributed by atoms with Gasteiger partial charge in [0.1, 0.15) is 30.3 Å². The number of hydrogen-bond donors (Lipinski definition) is 4. The van der Waals surface area contributed by atoms with E-state index in [1.807, 2.05) is 0 Å². The molecule has 5 N–H and O–H groups in total. The predicted octanol–water partition coefficient (Wildman–Crippen LogP) is 0.912. The fourth-order valence-electron chi connectivity index (χ4n) is 4.50. The summed E-state index contributed by atoms with van der Waals surface area (Å²) in [5.41, 5.74) is 5.19. The summed E-state index contributed by atoms with van der Waals surface area (Å²) in [6, 6.07) is 1.10. The van der Waals surface area contributed by atoms with E-state index in [1.165, 1.54) is 32.9 Å². The van der Waals surface area contributed by atoms with E-state index in [4.69, 9.17) is 38.5 Å². The fourth-order valence-corrected chi connectivity index (χ4v) is 7.39. The van der Waals surface area contributed by atoms with Gasteiger partial charge in [-0.05, 0) is 20.8 Å². The molecule has 0 spiro atoms. The monoisotopic (exact) mass is 719 g/mol. The van der Waals surface area contributed by atoms with Crippen molar-refractivity contribution in [3.63, 3.8) is 0 Å². The molecule has 0 bridgehead atoms. The summed E-state index contributed by atoms with van der Waals surface area (Å²) in [7, 11) is 1.35. The van der Waals surface area contributed by atoms with Gasteiger partial charge >= 0.3 is 18.6 Å². The van der Waals surface area contributed by atoms with Crippen LogP contribution in [0.3, 0.4) is 0 Å². The first kappa shape index (κ1) is 37.4. The van der Waals surface area contributed by atoms with Crippen molar-refractivity contribution in [3.8, 4) is 0 Å². The lowest BCUT2D eigenvalue weighted by molar-refractivity contribution is -0.135. The van der Waals surface area contributed by atoms with Crippen LogP contribution in [0.4, 0.5) is 10.6 Å². The summed E-state index contributed by atoms with van der Waals surface area (Å²) >= 11 is 0.500. The molecule has 22 heteroatoms. The number of anilines is 1. The van der Waals surface area contributed by atoms with Gasteiger partial charge in [-0.1, -0.05) is 0 Å². The maximum Gasteiger partial charge on any atom is 0.509 e. The molecule has 3 aromatic heterocycles. The summed E-state index contributed by atoms with van der Waals surface area (Å²) < 4.78 is 55.1. The first-order chi connectivity index (χ1) is 22.8. The van der Waals surface area contributed by atoms with Crippen LogP contribution in [0.5, 0.6) is 0 Å². The first-order valence-corrected chi connectivity index (χ1v) is 17.7. The normalized spacial score (nSPS) is 21.2. The Morgan fingerprint density at radius 1 is 1.27 bits per heavy atom. The van der Waals surface area contributed by atoms with Crippen molar-refractivity contribution in [2.24, 2.45) is 0 Å². The Labute approximate surface area is 277 Å². The molecule has 0 saturated carbocycles.